The predicted molar refractivity (Wildman–Crippen MR) is 86.7 cm³/mol. The normalized spacial score (nSPS) is 24.3. The van der Waals surface area contributed by atoms with Gasteiger partial charge in [0.1, 0.15) is 18.5 Å². The van der Waals surface area contributed by atoms with Gasteiger partial charge in [-0.05, 0) is 44.2 Å². The van der Waals surface area contributed by atoms with E-state index in [0.717, 1.165) is 11.7 Å². The van der Waals surface area contributed by atoms with Crippen LogP contribution in [0.15, 0.2) is 24.3 Å². The van der Waals surface area contributed by atoms with E-state index in [1.54, 1.807) is 0 Å². The van der Waals surface area contributed by atoms with Crippen LogP contribution in [0.5, 0.6) is 5.75 Å². The Morgan fingerprint density at radius 3 is 2.71 bits per heavy atom. The highest BCUT2D eigenvalue weighted by Crippen LogP contribution is 2.22. The van der Waals surface area contributed by atoms with E-state index in [1.165, 1.54) is 37.7 Å². The van der Waals surface area contributed by atoms with Crippen molar-refractivity contribution in [3.63, 3.8) is 0 Å². The van der Waals surface area contributed by atoms with E-state index in [4.69, 9.17) is 4.74 Å². The van der Waals surface area contributed by atoms with Gasteiger partial charge in [-0.3, -0.25) is 0 Å². The first kappa shape index (κ1) is 16.3. The van der Waals surface area contributed by atoms with Crippen LogP contribution in [0.4, 0.5) is 0 Å². The molecule has 21 heavy (non-hydrogen) atoms. The van der Waals surface area contributed by atoms with Crippen molar-refractivity contribution in [3.8, 4) is 5.75 Å². The van der Waals surface area contributed by atoms with E-state index < -0.39 is 6.10 Å². The Kier molecular flexibility index (Phi) is 6.52. The largest absolute Gasteiger partial charge is 0.491 e. The van der Waals surface area contributed by atoms with Gasteiger partial charge >= 0.3 is 0 Å². The zero-order valence-electron chi connectivity index (χ0n) is 13.3. The number of hydrogen-bond acceptors (Lipinski definition) is 3. The third-order valence-electron chi connectivity index (χ3n) is 4.36. The average molecular weight is 291 g/mol. The number of aliphatic hydroxyl groups is 1. The molecule has 0 saturated heterocycles. The predicted octanol–water partition coefficient (Wildman–Crippen LogP) is 3.29. The lowest BCUT2D eigenvalue weighted by atomic mass is 10.0. The second-order valence-corrected chi connectivity index (χ2v) is 6.50. The highest BCUT2D eigenvalue weighted by Gasteiger charge is 2.16. The lowest BCUT2D eigenvalue weighted by Crippen LogP contribution is -2.37. The standard InChI is InChI=1S/C18H29NO2/c1-14-4-3-5-16(9-6-14)19-12-17(20)13-21-18-10-7-15(2)8-11-18/h7-8,10-11,14,16-17,19-20H,3-6,9,12-13H2,1-2H3. The molecule has 0 aromatic heterocycles. The molecular weight excluding hydrogens is 262 g/mol. The molecule has 0 spiro atoms. The SMILES string of the molecule is Cc1ccc(OCC(O)CNC2CCCC(C)CC2)cc1. The van der Waals surface area contributed by atoms with E-state index in [2.05, 4.69) is 19.2 Å². The van der Waals surface area contributed by atoms with E-state index in [9.17, 15) is 5.11 Å². The highest BCUT2D eigenvalue weighted by atomic mass is 16.5. The molecule has 1 saturated carbocycles. The van der Waals surface area contributed by atoms with E-state index >= 15 is 0 Å². The highest BCUT2D eigenvalue weighted by molar-refractivity contribution is 5.26. The monoisotopic (exact) mass is 291 g/mol. The van der Waals surface area contributed by atoms with Crippen LogP contribution in [0, 0.1) is 12.8 Å². The molecule has 3 nitrogen and oxygen atoms in total. The van der Waals surface area contributed by atoms with Gasteiger partial charge in [0.25, 0.3) is 0 Å². The van der Waals surface area contributed by atoms with Crippen molar-refractivity contribution < 1.29 is 9.84 Å². The molecule has 118 valence electrons. The van der Waals surface area contributed by atoms with Crippen molar-refractivity contribution in [3.05, 3.63) is 29.8 Å². The second kappa shape index (κ2) is 8.40. The third-order valence-corrected chi connectivity index (χ3v) is 4.36. The molecule has 1 fully saturated rings. The molecule has 1 aromatic rings. The molecule has 0 aliphatic heterocycles. The van der Waals surface area contributed by atoms with Gasteiger partial charge in [-0.1, -0.05) is 37.5 Å². The molecule has 3 unspecified atom stereocenters. The Morgan fingerprint density at radius 2 is 1.95 bits per heavy atom. The zero-order valence-corrected chi connectivity index (χ0v) is 13.3. The van der Waals surface area contributed by atoms with Gasteiger partial charge in [0.15, 0.2) is 0 Å². The minimum Gasteiger partial charge on any atom is -0.491 e. The summed E-state index contributed by atoms with van der Waals surface area (Å²) in [4.78, 5) is 0. The van der Waals surface area contributed by atoms with Gasteiger partial charge in [0.05, 0.1) is 0 Å². The Labute approximate surface area is 128 Å². The van der Waals surface area contributed by atoms with Crippen LogP contribution in [0.2, 0.25) is 0 Å². The smallest absolute Gasteiger partial charge is 0.119 e. The summed E-state index contributed by atoms with van der Waals surface area (Å²) in [5.41, 5.74) is 1.21. The number of nitrogens with one attached hydrogen (secondary N) is 1. The number of ether oxygens (including phenoxy) is 1. The summed E-state index contributed by atoms with van der Waals surface area (Å²) in [7, 11) is 0. The maximum absolute atomic E-state index is 10.0. The molecule has 0 heterocycles. The maximum Gasteiger partial charge on any atom is 0.119 e. The van der Waals surface area contributed by atoms with Gasteiger partial charge in [-0.2, -0.15) is 0 Å². The molecule has 1 aromatic carbocycles. The van der Waals surface area contributed by atoms with Crippen LogP contribution >= 0.6 is 0 Å². The molecule has 0 radical (unpaired) electrons. The number of aliphatic hydroxyl groups excluding tert-OH is 1. The van der Waals surface area contributed by atoms with Crippen molar-refractivity contribution in [2.45, 2.75) is 58.1 Å². The fourth-order valence-electron chi connectivity index (χ4n) is 2.88. The van der Waals surface area contributed by atoms with Gasteiger partial charge in [-0.25, -0.2) is 0 Å². The lowest BCUT2D eigenvalue weighted by molar-refractivity contribution is 0.103. The minimum absolute atomic E-state index is 0.346. The summed E-state index contributed by atoms with van der Waals surface area (Å²) in [6.07, 6.45) is 5.95. The first-order chi connectivity index (χ1) is 10.1. The first-order valence-electron chi connectivity index (χ1n) is 8.24. The van der Waals surface area contributed by atoms with Crippen molar-refractivity contribution in [2.75, 3.05) is 13.2 Å². The molecule has 1 aliphatic carbocycles. The van der Waals surface area contributed by atoms with Gasteiger partial charge in [-0.15, -0.1) is 0 Å². The summed E-state index contributed by atoms with van der Waals surface area (Å²) in [5, 5.41) is 13.5. The third kappa shape index (κ3) is 6.06. The van der Waals surface area contributed by atoms with Crippen LogP contribution in [0.3, 0.4) is 0 Å². The van der Waals surface area contributed by atoms with Gasteiger partial charge < -0.3 is 15.2 Å². The summed E-state index contributed by atoms with van der Waals surface area (Å²) in [5.74, 6) is 1.68. The Hall–Kier alpha value is -1.06. The van der Waals surface area contributed by atoms with Crippen molar-refractivity contribution in [2.24, 2.45) is 5.92 Å². The zero-order chi connectivity index (χ0) is 15.1. The molecular formula is C18H29NO2. The fourth-order valence-corrected chi connectivity index (χ4v) is 2.88. The minimum atomic E-state index is -0.452. The van der Waals surface area contributed by atoms with Gasteiger partial charge in [0, 0.05) is 12.6 Å². The van der Waals surface area contributed by atoms with Crippen LogP contribution < -0.4 is 10.1 Å². The molecule has 3 heteroatoms. The topological polar surface area (TPSA) is 41.5 Å². The number of rotatable bonds is 6. The summed E-state index contributed by atoms with van der Waals surface area (Å²) >= 11 is 0. The maximum atomic E-state index is 10.0. The molecule has 2 N–H and O–H groups in total. The first-order valence-corrected chi connectivity index (χ1v) is 8.24. The van der Waals surface area contributed by atoms with Crippen molar-refractivity contribution in [1.82, 2.24) is 5.32 Å². The van der Waals surface area contributed by atoms with E-state index in [0.29, 0.717) is 19.2 Å². The number of aryl methyl sites for hydroxylation is 1. The number of benzene rings is 1. The summed E-state index contributed by atoms with van der Waals surface area (Å²) in [6, 6.07) is 8.49. The van der Waals surface area contributed by atoms with E-state index in [-0.39, 0.29) is 0 Å². The van der Waals surface area contributed by atoms with Crippen LogP contribution in [0.25, 0.3) is 0 Å². The quantitative estimate of drug-likeness (QED) is 0.790. The average Bonchev–Trinajstić information content (AvgIpc) is 2.69. The van der Waals surface area contributed by atoms with Crippen LogP contribution in [0.1, 0.15) is 44.6 Å². The Morgan fingerprint density at radius 1 is 1.19 bits per heavy atom. The number of hydrogen-bond donors (Lipinski definition) is 2. The van der Waals surface area contributed by atoms with E-state index in [1.807, 2.05) is 24.3 Å². The lowest BCUT2D eigenvalue weighted by Gasteiger charge is -2.19. The van der Waals surface area contributed by atoms with Crippen LogP contribution in [-0.4, -0.2) is 30.4 Å². The fraction of sp³-hybridized carbons (Fsp3) is 0.667. The Bertz CT molecular complexity index is 404. The summed E-state index contributed by atoms with van der Waals surface area (Å²) in [6.45, 7) is 5.35. The summed E-state index contributed by atoms with van der Waals surface area (Å²) < 4.78 is 5.61. The molecule has 3 atom stereocenters. The molecule has 2 rings (SSSR count). The Balaban J connectivity index is 1.65. The van der Waals surface area contributed by atoms with Crippen molar-refractivity contribution >= 4 is 0 Å². The molecule has 1 aliphatic rings. The van der Waals surface area contributed by atoms with Crippen molar-refractivity contribution in [1.29, 1.82) is 0 Å². The van der Waals surface area contributed by atoms with Gasteiger partial charge in [0.2, 0.25) is 0 Å². The van der Waals surface area contributed by atoms with Crippen LogP contribution in [-0.2, 0) is 0 Å². The molecule has 0 amide bonds. The molecule has 0 bridgehead atoms. The second-order valence-electron chi connectivity index (χ2n) is 6.50.